The van der Waals surface area contributed by atoms with Crippen molar-refractivity contribution in [2.75, 3.05) is 13.7 Å². The van der Waals surface area contributed by atoms with E-state index in [2.05, 4.69) is 24.1 Å². The third kappa shape index (κ3) is 5.33. The van der Waals surface area contributed by atoms with Crippen molar-refractivity contribution in [1.82, 2.24) is 10.3 Å². The van der Waals surface area contributed by atoms with E-state index >= 15 is 0 Å². The van der Waals surface area contributed by atoms with Crippen LogP contribution in [0.5, 0.6) is 0 Å². The summed E-state index contributed by atoms with van der Waals surface area (Å²) in [4.78, 5) is 4.25. The second-order valence-electron chi connectivity index (χ2n) is 5.39. The third-order valence-corrected chi connectivity index (χ3v) is 2.58. The Hall–Kier alpha value is -0.870. The highest BCUT2D eigenvalue weighted by atomic mass is 16.5. The summed E-state index contributed by atoms with van der Waals surface area (Å²) in [7, 11) is 1.71. The number of rotatable bonds is 7. The minimum absolute atomic E-state index is 0.206. The Kier molecular flexibility index (Phi) is 5.15. The fourth-order valence-corrected chi connectivity index (χ4v) is 1.47. The number of nitrogens with one attached hydrogen (secondary N) is 1. The Morgan fingerprint density at radius 3 is 2.76 bits per heavy atom. The van der Waals surface area contributed by atoms with E-state index in [4.69, 9.17) is 9.15 Å². The van der Waals surface area contributed by atoms with Gasteiger partial charge in [0, 0.05) is 13.5 Å². The molecular formula is C13H24N2O2. The molecule has 0 unspecified atom stereocenters. The first-order valence-corrected chi connectivity index (χ1v) is 6.12. The van der Waals surface area contributed by atoms with E-state index in [9.17, 15) is 0 Å². The zero-order valence-electron chi connectivity index (χ0n) is 11.5. The van der Waals surface area contributed by atoms with Gasteiger partial charge in [-0.3, -0.25) is 0 Å². The van der Waals surface area contributed by atoms with E-state index in [0.29, 0.717) is 12.5 Å². The number of oxazole rings is 1. The van der Waals surface area contributed by atoms with E-state index in [1.165, 1.54) is 0 Å². The summed E-state index contributed by atoms with van der Waals surface area (Å²) in [5, 5.41) is 3.30. The molecule has 0 aliphatic heterocycles. The summed E-state index contributed by atoms with van der Waals surface area (Å²) in [6, 6.07) is 0. The van der Waals surface area contributed by atoms with E-state index in [1.54, 1.807) is 13.3 Å². The maximum absolute atomic E-state index is 5.65. The largest absolute Gasteiger partial charge is 0.444 e. The van der Waals surface area contributed by atoms with Crippen LogP contribution in [0.1, 0.15) is 39.3 Å². The average molecular weight is 240 g/mol. The van der Waals surface area contributed by atoms with Crippen LogP contribution in [0.4, 0.5) is 0 Å². The average Bonchev–Trinajstić information content (AvgIpc) is 2.64. The van der Waals surface area contributed by atoms with Gasteiger partial charge in [0.25, 0.3) is 0 Å². The van der Waals surface area contributed by atoms with Gasteiger partial charge in [-0.2, -0.15) is 0 Å². The molecule has 1 aromatic rings. The first-order chi connectivity index (χ1) is 7.93. The Morgan fingerprint density at radius 2 is 2.18 bits per heavy atom. The van der Waals surface area contributed by atoms with Crippen LogP contribution in [0.15, 0.2) is 10.6 Å². The lowest BCUT2D eigenvalue weighted by molar-refractivity contribution is 0.0190. The fourth-order valence-electron chi connectivity index (χ4n) is 1.47. The minimum Gasteiger partial charge on any atom is -0.444 e. The van der Waals surface area contributed by atoms with Gasteiger partial charge in [-0.25, -0.2) is 4.98 Å². The molecule has 0 radical (unpaired) electrons. The highest BCUT2D eigenvalue weighted by Crippen LogP contribution is 2.16. The predicted octanol–water partition coefficient (Wildman–Crippen LogP) is 2.39. The predicted molar refractivity (Wildman–Crippen MR) is 67.8 cm³/mol. The second kappa shape index (κ2) is 6.17. The molecule has 1 aromatic heterocycles. The van der Waals surface area contributed by atoms with E-state index in [0.717, 1.165) is 24.6 Å². The molecular weight excluding hydrogens is 216 g/mol. The molecule has 98 valence electrons. The van der Waals surface area contributed by atoms with E-state index in [1.807, 2.05) is 13.8 Å². The zero-order chi connectivity index (χ0) is 12.9. The molecule has 17 heavy (non-hydrogen) atoms. The van der Waals surface area contributed by atoms with Gasteiger partial charge >= 0.3 is 0 Å². The van der Waals surface area contributed by atoms with Gasteiger partial charge < -0.3 is 14.5 Å². The van der Waals surface area contributed by atoms with Crippen molar-refractivity contribution in [3.8, 4) is 0 Å². The van der Waals surface area contributed by atoms with Crippen LogP contribution < -0.4 is 5.32 Å². The monoisotopic (exact) mass is 240 g/mol. The molecule has 0 amide bonds. The van der Waals surface area contributed by atoms with Crippen LogP contribution in [-0.2, 0) is 17.7 Å². The van der Waals surface area contributed by atoms with Crippen LogP contribution in [0.25, 0.3) is 0 Å². The smallest absolute Gasteiger partial charge is 0.208 e. The van der Waals surface area contributed by atoms with Crippen molar-refractivity contribution in [2.24, 2.45) is 5.92 Å². The van der Waals surface area contributed by atoms with Gasteiger partial charge in [0.15, 0.2) is 0 Å². The maximum atomic E-state index is 5.65. The van der Waals surface area contributed by atoms with Crippen molar-refractivity contribution in [1.29, 1.82) is 0 Å². The van der Waals surface area contributed by atoms with Crippen molar-refractivity contribution in [2.45, 2.75) is 46.3 Å². The third-order valence-electron chi connectivity index (χ3n) is 2.58. The molecule has 4 nitrogen and oxygen atoms in total. The van der Waals surface area contributed by atoms with Crippen molar-refractivity contribution in [3.05, 3.63) is 17.8 Å². The molecule has 0 atom stereocenters. The molecule has 0 aliphatic rings. The highest BCUT2D eigenvalue weighted by molar-refractivity contribution is 4.98. The van der Waals surface area contributed by atoms with Gasteiger partial charge in [0.2, 0.25) is 5.89 Å². The molecule has 0 aliphatic carbocycles. The Labute approximate surface area is 104 Å². The highest BCUT2D eigenvalue weighted by Gasteiger charge is 2.19. The summed E-state index contributed by atoms with van der Waals surface area (Å²) >= 11 is 0. The van der Waals surface area contributed by atoms with Crippen LogP contribution in [-0.4, -0.2) is 24.2 Å². The molecule has 1 heterocycles. The Morgan fingerprint density at radius 1 is 1.47 bits per heavy atom. The molecule has 0 bridgehead atoms. The van der Waals surface area contributed by atoms with Crippen LogP contribution in [0.3, 0.4) is 0 Å². The van der Waals surface area contributed by atoms with Gasteiger partial charge in [-0.1, -0.05) is 13.8 Å². The maximum Gasteiger partial charge on any atom is 0.208 e. The number of ether oxygens (including phenoxy) is 1. The van der Waals surface area contributed by atoms with Crippen molar-refractivity contribution < 1.29 is 9.15 Å². The van der Waals surface area contributed by atoms with Gasteiger partial charge in [0.05, 0.1) is 18.3 Å². The molecule has 1 N–H and O–H groups in total. The number of nitrogens with zero attached hydrogens (tertiary/aromatic N) is 1. The fraction of sp³-hybridized carbons (Fsp3) is 0.769. The van der Waals surface area contributed by atoms with Gasteiger partial charge in [0.1, 0.15) is 5.76 Å². The normalized spacial score (nSPS) is 12.4. The lowest BCUT2D eigenvalue weighted by atomic mass is 10.0. The standard InChI is InChI=1S/C13H24N2O2/c1-10(2)7-14-9-12-15-8-11(17-12)6-13(3,4)16-5/h8,10,14H,6-7,9H2,1-5H3. The summed E-state index contributed by atoms with van der Waals surface area (Å²) in [5.41, 5.74) is -0.206. The number of aromatic nitrogens is 1. The summed E-state index contributed by atoms with van der Waals surface area (Å²) < 4.78 is 11.0. The van der Waals surface area contributed by atoms with Crippen molar-refractivity contribution >= 4 is 0 Å². The van der Waals surface area contributed by atoms with Crippen LogP contribution >= 0.6 is 0 Å². The van der Waals surface area contributed by atoms with E-state index in [-0.39, 0.29) is 5.60 Å². The summed E-state index contributed by atoms with van der Waals surface area (Å²) in [6.45, 7) is 10.1. The van der Waals surface area contributed by atoms with Gasteiger partial charge in [-0.15, -0.1) is 0 Å². The van der Waals surface area contributed by atoms with Crippen LogP contribution in [0.2, 0.25) is 0 Å². The van der Waals surface area contributed by atoms with Crippen LogP contribution in [0, 0.1) is 5.92 Å². The first-order valence-electron chi connectivity index (χ1n) is 6.12. The number of methoxy groups -OCH3 is 1. The molecule has 0 spiro atoms. The topological polar surface area (TPSA) is 47.3 Å². The second-order valence-corrected chi connectivity index (χ2v) is 5.39. The Balaban J connectivity index is 2.43. The lowest BCUT2D eigenvalue weighted by Gasteiger charge is -2.20. The van der Waals surface area contributed by atoms with E-state index < -0.39 is 0 Å². The Bertz CT molecular complexity index is 332. The van der Waals surface area contributed by atoms with Gasteiger partial charge in [-0.05, 0) is 26.3 Å². The van der Waals surface area contributed by atoms with Crippen molar-refractivity contribution in [3.63, 3.8) is 0 Å². The zero-order valence-corrected chi connectivity index (χ0v) is 11.5. The quantitative estimate of drug-likeness (QED) is 0.795. The number of hydrogen-bond acceptors (Lipinski definition) is 4. The summed E-state index contributed by atoms with van der Waals surface area (Å²) in [5.74, 6) is 2.25. The lowest BCUT2D eigenvalue weighted by Crippen LogP contribution is -2.25. The molecule has 1 rings (SSSR count). The molecule has 0 fully saturated rings. The minimum atomic E-state index is -0.206. The summed E-state index contributed by atoms with van der Waals surface area (Å²) in [6.07, 6.45) is 2.52. The molecule has 0 saturated heterocycles. The molecule has 4 heteroatoms. The number of hydrogen-bond donors (Lipinski definition) is 1. The molecule has 0 saturated carbocycles. The molecule has 0 aromatic carbocycles. The first kappa shape index (κ1) is 14.2. The SMILES string of the molecule is COC(C)(C)Cc1cnc(CNCC(C)C)o1.